The molecule has 0 rings (SSSR count). The minimum absolute atomic E-state index is 0.319. The number of rotatable bonds is 1. The van der Waals surface area contributed by atoms with Crippen LogP contribution in [0.4, 0.5) is 0 Å². The molecule has 0 fully saturated rings. The topological polar surface area (TPSA) is 20.2 Å². The van der Waals surface area contributed by atoms with E-state index in [1.165, 1.54) is 0 Å². The highest BCUT2D eigenvalue weighted by Gasteiger charge is 1.57. The Labute approximate surface area is 45.7 Å². The minimum atomic E-state index is 0.319. The average Bonchev–Trinajstić information content (AvgIpc) is 1.69. The molecule has 0 saturated heterocycles. The number of hydrogen-bond acceptors (Lipinski definition) is 1. The van der Waals surface area contributed by atoms with E-state index in [2.05, 4.69) is 6.58 Å². The molecule has 0 amide bonds. The molecule has 0 aromatic heterocycles. The average molecular weight is 102 g/mol. The summed E-state index contributed by atoms with van der Waals surface area (Å²) in [5.41, 5.74) is 0. The van der Waals surface area contributed by atoms with Gasteiger partial charge in [0, 0.05) is 6.61 Å². The van der Waals surface area contributed by atoms with E-state index in [4.69, 9.17) is 5.11 Å². The molecule has 1 N–H and O–H groups in total. The lowest BCUT2D eigenvalue weighted by Gasteiger charge is -1.69. The van der Waals surface area contributed by atoms with Gasteiger partial charge in [-0.2, -0.15) is 0 Å². The minimum Gasteiger partial charge on any atom is -0.396 e. The van der Waals surface area contributed by atoms with Gasteiger partial charge in [-0.3, -0.25) is 0 Å². The van der Waals surface area contributed by atoms with Crippen LogP contribution in [-0.2, 0) is 0 Å². The first-order valence-corrected chi connectivity index (χ1v) is 2.51. The third-order valence-corrected chi connectivity index (χ3v) is 0.224. The summed E-state index contributed by atoms with van der Waals surface area (Å²) in [6.07, 6.45) is 2.62. The zero-order valence-electron chi connectivity index (χ0n) is 5.15. The molecular weight excluding hydrogens is 88.1 g/mol. The van der Waals surface area contributed by atoms with Crippen LogP contribution < -0.4 is 0 Å². The Kier molecular flexibility index (Phi) is 24.3. The molecule has 44 valence electrons. The summed E-state index contributed by atoms with van der Waals surface area (Å²) >= 11 is 0. The number of allylic oxidation sites excluding steroid dienone is 1. The second-order valence-corrected chi connectivity index (χ2v) is 1.13. The van der Waals surface area contributed by atoms with Gasteiger partial charge in [0.1, 0.15) is 0 Å². The highest BCUT2D eigenvalue weighted by Crippen LogP contribution is 1.61. The second-order valence-electron chi connectivity index (χ2n) is 1.13. The molecule has 1 heteroatoms. The zero-order valence-corrected chi connectivity index (χ0v) is 5.15. The molecule has 0 unspecified atom stereocenters. The van der Waals surface area contributed by atoms with E-state index in [1.807, 2.05) is 13.8 Å². The largest absolute Gasteiger partial charge is 0.396 e. The predicted molar refractivity (Wildman–Crippen MR) is 33.2 cm³/mol. The monoisotopic (exact) mass is 102 g/mol. The maximum absolute atomic E-state index is 7.88. The summed E-state index contributed by atoms with van der Waals surface area (Å²) in [5.74, 6) is 0. The molecule has 0 heterocycles. The quantitative estimate of drug-likeness (QED) is 0.498. The van der Waals surface area contributed by atoms with Crippen LogP contribution in [0, 0.1) is 0 Å². The van der Waals surface area contributed by atoms with E-state index in [9.17, 15) is 0 Å². The van der Waals surface area contributed by atoms with E-state index in [0.29, 0.717) is 6.61 Å². The van der Waals surface area contributed by atoms with Crippen LogP contribution in [0.15, 0.2) is 12.7 Å². The van der Waals surface area contributed by atoms with Crippen LogP contribution in [0.3, 0.4) is 0 Å². The summed E-state index contributed by atoms with van der Waals surface area (Å²) in [6, 6.07) is 0. The van der Waals surface area contributed by atoms with Crippen molar-refractivity contribution >= 4 is 0 Å². The van der Waals surface area contributed by atoms with Gasteiger partial charge in [-0.1, -0.05) is 13.0 Å². The molecule has 0 radical (unpaired) electrons. The molecule has 0 aliphatic heterocycles. The fourth-order valence-corrected chi connectivity index (χ4v) is 0. The maximum atomic E-state index is 7.88. The molecule has 0 saturated carbocycles. The zero-order chi connectivity index (χ0) is 6.12. The third-order valence-electron chi connectivity index (χ3n) is 0.224. The van der Waals surface area contributed by atoms with Crippen molar-refractivity contribution in [3.8, 4) is 0 Å². The lowest BCUT2D eigenvalue weighted by Crippen LogP contribution is -1.69. The molecule has 0 atom stereocenters. The van der Waals surface area contributed by atoms with Crippen molar-refractivity contribution in [2.45, 2.75) is 20.3 Å². The first-order valence-electron chi connectivity index (χ1n) is 2.51. The Morgan fingerprint density at radius 2 is 1.86 bits per heavy atom. The molecule has 1 nitrogen and oxygen atoms in total. The molecule has 0 aromatic rings. The van der Waals surface area contributed by atoms with Gasteiger partial charge in [-0.25, -0.2) is 0 Å². The third kappa shape index (κ3) is 159. The summed E-state index contributed by atoms with van der Waals surface area (Å²) in [4.78, 5) is 0. The second kappa shape index (κ2) is 17.3. The number of hydrogen-bond donors (Lipinski definition) is 1. The van der Waals surface area contributed by atoms with Gasteiger partial charge in [-0.15, -0.1) is 6.58 Å². The van der Waals surface area contributed by atoms with Crippen molar-refractivity contribution in [2.24, 2.45) is 0 Å². The predicted octanol–water partition coefficient (Wildman–Crippen LogP) is 1.58. The van der Waals surface area contributed by atoms with Crippen molar-refractivity contribution in [2.75, 3.05) is 6.61 Å². The van der Waals surface area contributed by atoms with Crippen LogP contribution >= 0.6 is 0 Å². The van der Waals surface area contributed by atoms with E-state index in [1.54, 1.807) is 6.08 Å². The smallest absolute Gasteiger partial charge is 0.0428 e. The van der Waals surface area contributed by atoms with Crippen LogP contribution in [0.5, 0.6) is 0 Å². The summed E-state index contributed by atoms with van der Waals surface area (Å²) in [6.45, 7) is 7.50. The number of aliphatic hydroxyl groups is 1. The van der Waals surface area contributed by atoms with Crippen molar-refractivity contribution in [1.82, 2.24) is 0 Å². The first-order chi connectivity index (χ1) is 3.33. The van der Waals surface area contributed by atoms with Crippen LogP contribution in [-0.4, -0.2) is 11.7 Å². The van der Waals surface area contributed by atoms with E-state index in [0.717, 1.165) is 6.42 Å². The molecule has 0 spiro atoms. The van der Waals surface area contributed by atoms with E-state index in [-0.39, 0.29) is 0 Å². The highest BCUT2D eigenvalue weighted by molar-refractivity contribution is 4.51. The van der Waals surface area contributed by atoms with Gasteiger partial charge in [-0.05, 0) is 13.3 Å². The highest BCUT2D eigenvalue weighted by atomic mass is 16.2. The summed E-state index contributed by atoms with van der Waals surface area (Å²) in [7, 11) is 0. The van der Waals surface area contributed by atoms with Crippen molar-refractivity contribution in [3.05, 3.63) is 12.7 Å². The van der Waals surface area contributed by atoms with Crippen molar-refractivity contribution < 1.29 is 5.11 Å². The van der Waals surface area contributed by atoms with E-state index < -0.39 is 0 Å². The summed E-state index contributed by atoms with van der Waals surface area (Å²) in [5, 5.41) is 7.88. The van der Waals surface area contributed by atoms with Gasteiger partial charge in [0.2, 0.25) is 0 Å². The molecule has 0 bridgehead atoms. The van der Waals surface area contributed by atoms with Gasteiger partial charge < -0.3 is 5.11 Å². The molecule has 0 aliphatic rings. The SMILES string of the molecule is C=CC.CCCO. The van der Waals surface area contributed by atoms with Gasteiger partial charge in [0.15, 0.2) is 0 Å². The van der Waals surface area contributed by atoms with Gasteiger partial charge in [0.05, 0.1) is 0 Å². The lowest BCUT2D eigenvalue weighted by molar-refractivity contribution is 0.295. The van der Waals surface area contributed by atoms with Crippen LogP contribution in [0.25, 0.3) is 0 Å². The number of aliphatic hydroxyl groups excluding tert-OH is 1. The summed E-state index contributed by atoms with van der Waals surface area (Å²) < 4.78 is 0. The molecule has 7 heavy (non-hydrogen) atoms. The Morgan fingerprint density at radius 3 is 1.86 bits per heavy atom. The standard InChI is InChI=1S/C3H8O.C3H6/c1-2-3-4;1-3-2/h4H,2-3H2,1H3;3H,1H2,2H3. The van der Waals surface area contributed by atoms with Crippen molar-refractivity contribution in [1.29, 1.82) is 0 Å². The van der Waals surface area contributed by atoms with E-state index >= 15 is 0 Å². The van der Waals surface area contributed by atoms with Crippen LogP contribution in [0.2, 0.25) is 0 Å². The Morgan fingerprint density at radius 1 is 1.71 bits per heavy atom. The molecular formula is C6H14O. The first kappa shape index (κ1) is 9.85. The Balaban J connectivity index is 0. The maximum Gasteiger partial charge on any atom is 0.0428 e. The molecule has 0 aromatic carbocycles. The normalized spacial score (nSPS) is 6.14. The lowest BCUT2D eigenvalue weighted by atomic mass is 10.5. The Bertz CT molecular complexity index is 23.4. The van der Waals surface area contributed by atoms with Gasteiger partial charge in [0.25, 0.3) is 0 Å². The fourth-order valence-electron chi connectivity index (χ4n) is 0. The van der Waals surface area contributed by atoms with Gasteiger partial charge >= 0.3 is 0 Å². The molecule has 0 aliphatic carbocycles. The van der Waals surface area contributed by atoms with Crippen LogP contribution in [0.1, 0.15) is 20.3 Å². The fraction of sp³-hybridized carbons (Fsp3) is 0.667. The Hall–Kier alpha value is -0.300. The van der Waals surface area contributed by atoms with Crippen molar-refractivity contribution in [3.63, 3.8) is 0 Å².